The number of nitrogens with two attached hydrogens (primary N) is 1. The van der Waals surface area contributed by atoms with Crippen molar-refractivity contribution < 1.29 is 43.1 Å². The predicted octanol–water partition coefficient (Wildman–Crippen LogP) is 4.05. The number of urea groups is 1. The van der Waals surface area contributed by atoms with Crippen molar-refractivity contribution in [1.29, 1.82) is 0 Å². The van der Waals surface area contributed by atoms with Crippen LogP contribution >= 0.6 is 0 Å². The van der Waals surface area contributed by atoms with E-state index in [4.69, 9.17) is 10.5 Å². The third kappa shape index (κ3) is 16.4. The number of anilines is 2. The normalized spacial score (nSPS) is 13.8. The highest BCUT2D eigenvalue weighted by Crippen LogP contribution is 2.19. The number of primary amides is 1. The number of ketones is 1. The maximum absolute atomic E-state index is 13.5. The van der Waals surface area contributed by atoms with E-state index >= 15 is 0 Å². The van der Waals surface area contributed by atoms with Gasteiger partial charge in [0.2, 0.25) is 17.7 Å². The second-order valence-corrected chi connectivity index (χ2v) is 16.3. The zero-order chi connectivity index (χ0) is 45.9. The number of carbonyl (C=O) groups is 8. The summed E-state index contributed by atoms with van der Waals surface area (Å²) in [6.07, 6.45) is 4.84. The molecule has 6 N–H and O–H groups in total. The molecule has 17 heteroatoms. The Morgan fingerprint density at radius 2 is 1.40 bits per heavy atom. The molecule has 0 radical (unpaired) electrons. The predicted molar refractivity (Wildman–Crippen MR) is 236 cm³/mol. The Bertz CT molecular complexity index is 1880. The molecule has 0 aliphatic carbocycles. The molecule has 0 aromatic heterocycles. The third-order valence-corrected chi connectivity index (χ3v) is 10.5. The van der Waals surface area contributed by atoms with Crippen LogP contribution in [0.4, 0.5) is 21.0 Å². The molecule has 0 bridgehead atoms. The van der Waals surface area contributed by atoms with Crippen molar-refractivity contribution in [2.24, 2.45) is 17.6 Å². The molecule has 0 unspecified atom stereocenters. The number of hydrogen-bond donors (Lipinski definition) is 5. The number of imide groups is 1. The van der Waals surface area contributed by atoms with Gasteiger partial charge in [-0.1, -0.05) is 58.4 Å². The highest BCUT2D eigenvalue weighted by atomic mass is 16.6. The summed E-state index contributed by atoms with van der Waals surface area (Å²) in [6, 6.07) is 11.4. The lowest BCUT2D eigenvalue weighted by atomic mass is 9.99. The zero-order valence-corrected chi connectivity index (χ0v) is 37.0. The molecular formula is C45H64N8O9. The van der Waals surface area contributed by atoms with E-state index in [2.05, 4.69) is 26.2 Å². The lowest BCUT2D eigenvalue weighted by molar-refractivity contribution is -0.137. The molecule has 1 heterocycles. The van der Waals surface area contributed by atoms with Gasteiger partial charge in [-0.2, -0.15) is 0 Å². The van der Waals surface area contributed by atoms with E-state index in [-0.39, 0.29) is 73.9 Å². The van der Waals surface area contributed by atoms with Crippen molar-refractivity contribution in [2.75, 3.05) is 43.9 Å². The molecule has 2 aromatic rings. The van der Waals surface area contributed by atoms with Crippen molar-refractivity contribution in [3.05, 3.63) is 71.8 Å². The smallest absolute Gasteiger partial charge is 0.414 e. The van der Waals surface area contributed by atoms with Crippen molar-refractivity contribution >= 4 is 58.8 Å². The van der Waals surface area contributed by atoms with Crippen LogP contribution in [0.5, 0.6) is 0 Å². The summed E-state index contributed by atoms with van der Waals surface area (Å²) in [5.74, 6) is -2.09. The monoisotopic (exact) mass is 860 g/mol. The number of carbonyl (C=O) groups excluding carboxylic acids is 8. The van der Waals surface area contributed by atoms with E-state index in [0.717, 1.165) is 16.9 Å². The van der Waals surface area contributed by atoms with Crippen LogP contribution in [0.2, 0.25) is 0 Å². The van der Waals surface area contributed by atoms with Gasteiger partial charge >= 0.3 is 12.1 Å². The van der Waals surface area contributed by atoms with Crippen LogP contribution in [0.15, 0.2) is 60.7 Å². The largest absolute Gasteiger partial charge is 0.444 e. The van der Waals surface area contributed by atoms with Gasteiger partial charge in [0.1, 0.15) is 24.5 Å². The summed E-state index contributed by atoms with van der Waals surface area (Å²) in [7, 11) is 3.57. The molecule has 1 aliphatic heterocycles. The number of rotatable bonds is 25. The molecule has 0 fully saturated rings. The number of Topliss-reactive ketones (excluding diaryl/α,β-unsaturated/α-hetero) is 1. The van der Waals surface area contributed by atoms with Gasteiger partial charge in [0.05, 0.1) is 6.04 Å². The topological polar surface area (TPSA) is 230 Å². The molecule has 0 saturated heterocycles. The summed E-state index contributed by atoms with van der Waals surface area (Å²) >= 11 is 0. The van der Waals surface area contributed by atoms with Crippen molar-refractivity contribution in [1.82, 2.24) is 25.8 Å². The van der Waals surface area contributed by atoms with E-state index < -0.39 is 36.0 Å². The number of ether oxygens (including phenoxy) is 1. The Labute approximate surface area is 364 Å². The fourth-order valence-electron chi connectivity index (χ4n) is 7.09. The first kappa shape index (κ1) is 50.3. The number of amides is 8. The van der Waals surface area contributed by atoms with E-state index in [1.807, 2.05) is 45.2 Å². The summed E-state index contributed by atoms with van der Waals surface area (Å²) < 4.78 is 5.55. The van der Waals surface area contributed by atoms with Gasteiger partial charge in [-0.3, -0.25) is 43.5 Å². The number of nitrogens with zero attached hydrogens (tertiary/aromatic N) is 3. The standard InChI is InChI=1S/C45H64N8O9/c1-29(2)40(50-37(55)13-9-8-10-26-53-38(56)22-23-39(53)57)43(59)49-36(12-11-25-47-44(46)60)42(58)48-34-18-14-33(15-19-34)28-62-45(61)52(7)35-20-16-32(17-21-35)24-27-51(6)41(30(3)4)31(5)54/h14-23,29-30,36,40-41H,8-13,24-28H2,1-7H3,(H,48,58)(H,49,59)(H,50,55)(H3,46,47,60)/t36-,40-,41-/m0/s1. The molecule has 3 rings (SSSR count). The highest BCUT2D eigenvalue weighted by molar-refractivity contribution is 6.12. The number of likely N-dealkylation sites (N-methyl/N-ethyl adjacent to an activating group) is 1. The van der Waals surface area contributed by atoms with E-state index in [1.165, 1.54) is 17.1 Å². The Morgan fingerprint density at radius 1 is 0.774 bits per heavy atom. The molecule has 338 valence electrons. The van der Waals surface area contributed by atoms with Crippen molar-refractivity contribution in [3.8, 4) is 0 Å². The van der Waals surface area contributed by atoms with E-state index in [0.29, 0.717) is 49.2 Å². The summed E-state index contributed by atoms with van der Waals surface area (Å²) in [5.41, 5.74) is 8.01. The molecule has 0 spiro atoms. The molecule has 17 nitrogen and oxygen atoms in total. The molecule has 1 aliphatic rings. The van der Waals surface area contributed by atoms with Crippen molar-refractivity contribution in [2.45, 2.75) is 104 Å². The van der Waals surface area contributed by atoms with Crippen LogP contribution in [-0.4, -0.2) is 109 Å². The van der Waals surface area contributed by atoms with Gasteiger partial charge in [-0.05, 0) is 93.3 Å². The first-order valence-corrected chi connectivity index (χ1v) is 21.1. The number of unbranched alkanes of at least 4 members (excludes halogenated alkanes) is 2. The maximum Gasteiger partial charge on any atom is 0.414 e. The minimum atomic E-state index is -1.03. The minimum absolute atomic E-state index is 0.0266. The molecule has 8 amide bonds. The zero-order valence-electron chi connectivity index (χ0n) is 37.0. The van der Waals surface area contributed by atoms with Crippen LogP contribution in [0.1, 0.15) is 84.3 Å². The van der Waals surface area contributed by atoms with Crippen LogP contribution < -0.4 is 31.9 Å². The lowest BCUT2D eigenvalue weighted by Crippen LogP contribution is -2.54. The first-order chi connectivity index (χ1) is 29.4. The Morgan fingerprint density at radius 3 is 1.98 bits per heavy atom. The molecule has 2 aromatic carbocycles. The van der Waals surface area contributed by atoms with E-state index in [9.17, 15) is 38.4 Å². The quantitative estimate of drug-likeness (QED) is 0.0711. The van der Waals surface area contributed by atoms with Crippen LogP contribution in [0, 0.1) is 11.8 Å². The van der Waals surface area contributed by atoms with Gasteiger partial charge < -0.3 is 31.7 Å². The number of hydrogen-bond acceptors (Lipinski definition) is 10. The van der Waals surface area contributed by atoms with Crippen LogP contribution in [0.25, 0.3) is 0 Å². The fraction of sp³-hybridized carbons (Fsp3) is 0.511. The first-order valence-electron chi connectivity index (χ1n) is 21.1. The van der Waals surface area contributed by atoms with Crippen LogP contribution in [-0.2, 0) is 46.5 Å². The average molecular weight is 861 g/mol. The molecule has 3 atom stereocenters. The molecular weight excluding hydrogens is 797 g/mol. The lowest BCUT2D eigenvalue weighted by Gasteiger charge is -2.29. The van der Waals surface area contributed by atoms with Gasteiger partial charge in [0, 0.05) is 56.6 Å². The van der Waals surface area contributed by atoms with Gasteiger partial charge in [0.15, 0.2) is 0 Å². The Hall–Kier alpha value is -6.10. The molecule has 62 heavy (non-hydrogen) atoms. The van der Waals surface area contributed by atoms with Gasteiger partial charge in [0.25, 0.3) is 11.8 Å². The Balaban J connectivity index is 1.52. The second kappa shape index (κ2) is 25.0. The maximum atomic E-state index is 13.5. The summed E-state index contributed by atoms with van der Waals surface area (Å²) in [4.78, 5) is 104. The minimum Gasteiger partial charge on any atom is -0.444 e. The number of nitrogens with one attached hydrogen (secondary N) is 4. The average Bonchev–Trinajstić information content (AvgIpc) is 3.54. The SMILES string of the molecule is CC(=O)[C@H](C(C)C)N(C)CCc1ccc(N(C)C(=O)OCc2ccc(NC(=O)[C@H](CCCNC(N)=O)NC(=O)[C@@H](NC(=O)CCCCCN3C(=O)C=CC3=O)C(C)C)cc2)cc1. The van der Waals surface area contributed by atoms with Crippen LogP contribution in [0.3, 0.4) is 0 Å². The highest BCUT2D eigenvalue weighted by Gasteiger charge is 2.29. The summed E-state index contributed by atoms with van der Waals surface area (Å²) in [6.45, 7) is 10.4. The van der Waals surface area contributed by atoms with Crippen molar-refractivity contribution in [3.63, 3.8) is 0 Å². The third-order valence-electron chi connectivity index (χ3n) is 10.5. The summed E-state index contributed by atoms with van der Waals surface area (Å²) in [5, 5.41) is 10.8. The van der Waals surface area contributed by atoms with E-state index in [1.54, 1.807) is 52.1 Å². The molecule has 0 saturated carbocycles. The number of benzene rings is 2. The van der Waals surface area contributed by atoms with Gasteiger partial charge in [-0.15, -0.1) is 0 Å². The van der Waals surface area contributed by atoms with Gasteiger partial charge in [-0.25, -0.2) is 9.59 Å². The fourth-order valence-corrected chi connectivity index (χ4v) is 7.09. The second-order valence-electron chi connectivity index (χ2n) is 16.3. The Kier molecular flexibility index (Phi) is 20.3.